The van der Waals surface area contributed by atoms with Crippen molar-refractivity contribution in [1.29, 1.82) is 0 Å². The van der Waals surface area contributed by atoms with E-state index in [1.807, 2.05) is 6.26 Å². The summed E-state index contributed by atoms with van der Waals surface area (Å²) in [4.78, 5) is 28.4. The number of benzene rings is 2. The van der Waals surface area contributed by atoms with Gasteiger partial charge in [-0.25, -0.2) is 4.98 Å². The molecule has 0 saturated heterocycles. The zero-order valence-corrected chi connectivity index (χ0v) is 17.2. The van der Waals surface area contributed by atoms with E-state index in [1.165, 1.54) is 42.3 Å². The molecule has 10 heteroatoms. The molecule has 3 aromatic rings. The molecule has 1 aromatic heterocycles. The van der Waals surface area contributed by atoms with Gasteiger partial charge in [-0.1, -0.05) is 11.6 Å². The van der Waals surface area contributed by atoms with E-state index >= 15 is 0 Å². The predicted molar refractivity (Wildman–Crippen MR) is 112 cm³/mol. The van der Waals surface area contributed by atoms with Crippen LogP contribution in [0.3, 0.4) is 0 Å². The van der Waals surface area contributed by atoms with E-state index in [2.05, 4.69) is 10.3 Å². The van der Waals surface area contributed by atoms with Crippen molar-refractivity contribution >= 4 is 51.4 Å². The number of hydrogen-bond acceptors (Lipinski definition) is 7. The van der Waals surface area contributed by atoms with Crippen molar-refractivity contribution < 1.29 is 14.5 Å². The highest BCUT2D eigenvalue weighted by molar-refractivity contribution is 7.98. The molecule has 3 rings (SSSR count). The number of thiazole rings is 1. The number of carbonyl (C=O) groups is 1. The summed E-state index contributed by atoms with van der Waals surface area (Å²) in [6.07, 6.45) is 1.83. The van der Waals surface area contributed by atoms with Crippen molar-refractivity contribution in [3.8, 4) is 17.0 Å². The van der Waals surface area contributed by atoms with Crippen molar-refractivity contribution in [3.05, 3.63) is 62.5 Å². The number of nitrogens with one attached hydrogen (secondary N) is 1. The van der Waals surface area contributed by atoms with Crippen molar-refractivity contribution in [2.24, 2.45) is 0 Å². The van der Waals surface area contributed by atoms with E-state index < -0.39 is 10.8 Å². The normalized spacial score (nSPS) is 10.5. The summed E-state index contributed by atoms with van der Waals surface area (Å²) in [5, 5.41) is 16.4. The molecule has 7 nitrogen and oxygen atoms in total. The zero-order valence-electron chi connectivity index (χ0n) is 14.8. The van der Waals surface area contributed by atoms with E-state index in [1.54, 1.807) is 29.6 Å². The number of nitro groups is 1. The maximum absolute atomic E-state index is 12.6. The van der Waals surface area contributed by atoms with Gasteiger partial charge in [0.15, 0.2) is 5.13 Å². The number of carbonyl (C=O) groups excluding carboxylic acids is 1. The Hall–Kier alpha value is -2.62. The molecule has 0 fully saturated rings. The minimum atomic E-state index is -0.587. The van der Waals surface area contributed by atoms with E-state index in [-0.39, 0.29) is 11.3 Å². The Labute approximate surface area is 173 Å². The second-order valence-electron chi connectivity index (χ2n) is 5.48. The monoisotopic (exact) mass is 435 g/mol. The Morgan fingerprint density at radius 1 is 1.32 bits per heavy atom. The van der Waals surface area contributed by atoms with Crippen LogP contribution in [0.2, 0.25) is 5.02 Å². The molecule has 0 aliphatic carbocycles. The summed E-state index contributed by atoms with van der Waals surface area (Å²) in [6, 6.07) is 9.68. The number of methoxy groups -OCH3 is 1. The number of thioether (sulfide) groups is 1. The average Bonchev–Trinajstić information content (AvgIpc) is 3.15. The summed E-state index contributed by atoms with van der Waals surface area (Å²) < 4.78 is 5.13. The van der Waals surface area contributed by atoms with Crippen LogP contribution in [-0.2, 0) is 0 Å². The number of halogens is 1. The molecule has 0 unspecified atom stereocenters. The van der Waals surface area contributed by atoms with E-state index in [0.717, 1.165) is 10.5 Å². The van der Waals surface area contributed by atoms with Gasteiger partial charge in [0, 0.05) is 21.9 Å². The van der Waals surface area contributed by atoms with Gasteiger partial charge in [0.25, 0.3) is 11.6 Å². The SMILES string of the molecule is COc1ccc(-c2csc(NC(=O)c3cc(SC)ccc3[N+](=O)[O-])n2)cc1Cl. The second-order valence-corrected chi connectivity index (χ2v) is 7.63. The Morgan fingerprint density at radius 2 is 2.11 bits per heavy atom. The lowest BCUT2D eigenvalue weighted by Gasteiger charge is -2.05. The Bertz CT molecular complexity index is 1060. The lowest BCUT2D eigenvalue weighted by atomic mass is 10.1. The van der Waals surface area contributed by atoms with Crippen LogP contribution in [0.5, 0.6) is 5.75 Å². The van der Waals surface area contributed by atoms with Crippen LogP contribution < -0.4 is 10.1 Å². The average molecular weight is 436 g/mol. The molecular weight excluding hydrogens is 422 g/mol. The van der Waals surface area contributed by atoms with Crippen molar-refractivity contribution in [2.45, 2.75) is 4.90 Å². The number of ether oxygens (including phenoxy) is 1. The number of anilines is 1. The third-order valence-electron chi connectivity index (χ3n) is 3.82. The standard InChI is InChI=1S/C18H14ClN3O4S2/c1-26-16-6-3-10(7-13(16)19)14-9-28-18(20-14)21-17(23)12-8-11(27-2)4-5-15(12)22(24)25/h3-9H,1-2H3,(H,20,21,23). The zero-order chi connectivity index (χ0) is 20.3. The molecule has 0 spiro atoms. The molecule has 28 heavy (non-hydrogen) atoms. The van der Waals surface area contributed by atoms with Gasteiger partial charge >= 0.3 is 0 Å². The first-order chi connectivity index (χ1) is 13.4. The van der Waals surface area contributed by atoms with Crippen LogP contribution in [0.25, 0.3) is 11.3 Å². The summed E-state index contributed by atoms with van der Waals surface area (Å²) in [5.41, 5.74) is 1.12. The molecule has 0 saturated carbocycles. The number of aromatic nitrogens is 1. The molecule has 0 atom stereocenters. The van der Waals surface area contributed by atoms with Crippen molar-refractivity contribution in [1.82, 2.24) is 4.98 Å². The highest BCUT2D eigenvalue weighted by atomic mass is 35.5. The Balaban J connectivity index is 1.85. The highest BCUT2D eigenvalue weighted by Gasteiger charge is 2.21. The minimum Gasteiger partial charge on any atom is -0.495 e. The predicted octanol–water partition coefficient (Wildman–Crippen LogP) is 5.35. The maximum Gasteiger partial charge on any atom is 0.282 e. The quantitative estimate of drug-likeness (QED) is 0.318. The van der Waals surface area contributed by atoms with Crippen molar-refractivity contribution in [2.75, 3.05) is 18.7 Å². The van der Waals surface area contributed by atoms with Gasteiger partial charge in [-0.15, -0.1) is 23.1 Å². The van der Waals surface area contributed by atoms with Crippen molar-refractivity contribution in [3.63, 3.8) is 0 Å². The number of hydrogen-bond donors (Lipinski definition) is 1. The second kappa shape index (κ2) is 8.59. The van der Waals surface area contributed by atoms with Gasteiger partial charge in [-0.3, -0.25) is 20.2 Å². The van der Waals surface area contributed by atoms with Crippen LogP contribution >= 0.6 is 34.7 Å². The van der Waals surface area contributed by atoms with Crippen LogP contribution in [0.1, 0.15) is 10.4 Å². The van der Waals surface area contributed by atoms with Gasteiger partial charge in [0.1, 0.15) is 11.3 Å². The minimum absolute atomic E-state index is 0.0129. The fourth-order valence-electron chi connectivity index (χ4n) is 2.44. The maximum atomic E-state index is 12.6. The number of nitrogens with zero attached hydrogens (tertiary/aromatic N) is 2. The highest BCUT2D eigenvalue weighted by Crippen LogP contribution is 2.32. The van der Waals surface area contributed by atoms with Gasteiger partial charge in [-0.05, 0) is 36.6 Å². The number of nitro benzene ring substituents is 1. The van der Waals surface area contributed by atoms with Crippen LogP contribution in [0.4, 0.5) is 10.8 Å². The fraction of sp³-hybridized carbons (Fsp3) is 0.111. The molecule has 0 aliphatic rings. The number of amides is 1. The first-order valence-corrected chi connectivity index (χ1v) is 10.3. The lowest BCUT2D eigenvalue weighted by molar-refractivity contribution is -0.385. The fourth-order valence-corrected chi connectivity index (χ4v) is 3.85. The molecule has 1 amide bonds. The van der Waals surface area contributed by atoms with E-state index in [0.29, 0.717) is 21.6 Å². The summed E-state index contributed by atoms with van der Waals surface area (Å²) in [5.74, 6) is -0.0357. The summed E-state index contributed by atoms with van der Waals surface area (Å²) in [6.45, 7) is 0. The third-order valence-corrected chi connectivity index (χ3v) is 5.60. The van der Waals surface area contributed by atoms with Gasteiger partial charge in [-0.2, -0.15) is 0 Å². The molecular formula is C18H14ClN3O4S2. The van der Waals surface area contributed by atoms with Crippen LogP contribution in [-0.4, -0.2) is 29.2 Å². The van der Waals surface area contributed by atoms with Crippen LogP contribution in [0.15, 0.2) is 46.7 Å². The van der Waals surface area contributed by atoms with Gasteiger partial charge < -0.3 is 4.74 Å². The smallest absolute Gasteiger partial charge is 0.282 e. The Morgan fingerprint density at radius 3 is 2.75 bits per heavy atom. The van der Waals surface area contributed by atoms with E-state index in [9.17, 15) is 14.9 Å². The molecule has 1 heterocycles. The molecule has 0 bridgehead atoms. The molecule has 144 valence electrons. The summed E-state index contributed by atoms with van der Waals surface area (Å²) >= 11 is 8.75. The largest absolute Gasteiger partial charge is 0.495 e. The number of rotatable bonds is 6. The molecule has 2 aromatic carbocycles. The lowest BCUT2D eigenvalue weighted by Crippen LogP contribution is -2.14. The van der Waals surface area contributed by atoms with Gasteiger partial charge in [0.2, 0.25) is 0 Å². The summed E-state index contributed by atoms with van der Waals surface area (Å²) in [7, 11) is 1.53. The van der Waals surface area contributed by atoms with E-state index in [4.69, 9.17) is 16.3 Å². The topological polar surface area (TPSA) is 94.4 Å². The van der Waals surface area contributed by atoms with Crippen LogP contribution in [0, 0.1) is 10.1 Å². The molecule has 1 N–H and O–H groups in total. The molecule has 0 radical (unpaired) electrons. The first-order valence-electron chi connectivity index (χ1n) is 7.86. The first kappa shape index (κ1) is 20.1. The molecule has 0 aliphatic heterocycles. The Kier molecular flexibility index (Phi) is 6.18. The van der Waals surface area contributed by atoms with Gasteiger partial charge in [0.05, 0.1) is 22.7 Å². The third kappa shape index (κ3) is 4.27.